The zero-order chi connectivity index (χ0) is 23.0. The molecule has 0 atom stereocenters. The molecule has 33 heavy (non-hydrogen) atoms. The van der Waals surface area contributed by atoms with Crippen molar-refractivity contribution in [3.8, 4) is 11.8 Å². The van der Waals surface area contributed by atoms with Crippen molar-refractivity contribution < 1.29 is 33.2 Å². The van der Waals surface area contributed by atoms with Gasteiger partial charge in [-0.25, -0.2) is 4.79 Å². The molecule has 3 aliphatic rings. The number of hydrogen-bond donors (Lipinski definition) is 0. The van der Waals surface area contributed by atoms with Crippen LogP contribution in [0.3, 0.4) is 0 Å². The van der Waals surface area contributed by atoms with Gasteiger partial charge in [0.15, 0.2) is 0 Å². The molecule has 0 N–H and O–H groups in total. The second-order valence-electron chi connectivity index (χ2n) is 8.28. The van der Waals surface area contributed by atoms with Crippen molar-refractivity contribution in [2.45, 2.75) is 19.5 Å². The summed E-state index contributed by atoms with van der Waals surface area (Å²) in [5, 5.41) is 0. The molecule has 2 bridgehead atoms. The first-order valence-corrected chi connectivity index (χ1v) is 10.9. The highest BCUT2D eigenvalue weighted by Crippen LogP contribution is 2.38. The van der Waals surface area contributed by atoms with Crippen LogP contribution in [0.15, 0.2) is 54.6 Å². The van der Waals surface area contributed by atoms with Gasteiger partial charge in [0.05, 0.1) is 50.6 Å². The molecule has 0 spiro atoms. The third kappa shape index (κ3) is 6.64. The molecule has 3 fully saturated rings. The second kappa shape index (κ2) is 10.9. The van der Waals surface area contributed by atoms with E-state index in [0.717, 1.165) is 11.1 Å². The van der Waals surface area contributed by atoms with Crippen LogP contribution < -0.4 is 0 Å². The number of benzene rings is 2. The standard InChI is InChI=1S/C26H28O7/c1-25-31-18-26(19-32-25,20-33-25)17-29-14-13-28-12-6-10-21-9-5-11-23(15-21)24(27)30-16-22-7-3-2-4-8-22/h2-5,7-9,11,15H,12-14,16-20H2,1H3. The fourth-order valence-electron chi connectivity index (χ4n) is 3.43. The van der Waals surface area contributed by atoms with Gasteiger partial charge in [0.25, 0.3) is 5.97 Å². The average Bonchev–Trinajstić information content (AvgIpc) is 2.86. The number of esters is 1. The number of fused-ring (bicyclic) bond motifs is 3. The Kier molecular flexibility index (Phi) is 7.76. The van der Waals surface area contributed by atoms with Crippen LogP contribution in [-0.4, -0.2) is 58.2 Å². The van der Waals surface area contributed by atoms with Gasteiger partial charge >= 0.3 is 5.97 Å². The van der Waals surface area contributed by atoms with Gasteiger partial charge in [-0.3, -0.25) is 0 Å². The minimum atomic E-state index is -0.897. The molecular weight excluding hydrogens is 424 g/mol. The Morgan fingerprint density at radius 1 is 0.970 bits per heavy atom. The SMILES string of the molecule is CC12OCC(COCCOCC#Cc3cccc(C(=O)OCc4ccccc4)c3)(CO1)CO2. The Bertz CT molecular complexity index is 968. The smallest absolute Gasteiger partial charge is 0.338 e. The largest absolute Gasteiger partial charge is 0.457 e. The lowest BCUT2D eigenvalue weighted by Gasteiger charge is -2.50. The molecule has 0 saturated carbocycles. The molecule has 0 aromatic heterocycles. The highest BCUT2D eigenvalue weighted by molar-refractivity contribution is 5.89. The summed E-state index contributed by atoms with van der Waals surface area (Å²) < 4.78 is 33.3. The normalized spacial score (nSPS) is 23.5. The monoisotopic (exact) mass is 452 g/mol. The second-order valence-corrected chi connectivity index (χ2v) is 8.28. The molecule has 0 amide bonds. The quantitative estimate of drug-likeness (QED) is 0.329. The zero-order valence-corrected chi connectivity index (χ0v) is 18.7. The first kappa shape index (κ1) is 23.4. The van der Waals surface area contributed by atoms with E-state index in [9.17, 15) is 4.79 Å². The number of hydrogen-bond acceptors (Lipinski definition) is 7. The average molecular weight is 453 g/mol. The highest BCUT2D eigenvalue weighted by Gasteiger charge is 2.50. The lowest BCUT2D eigenvalue weighted by atomic mass is 9.90. The van der Waals surface area contributed by atoms with Crippen molar-refractivity contribution in [1.29, 1.82) is 0 Å². The molecule has 2 aromatic carbocycles. The maximum Gasteiger partial charge on any atom is 0.338 e. The maximum atomic E-state index is 12.3. The van der Waals surface area contributed by atoms with Gasteiger partial charge in [-0.05, 0) is 23.8 Å². The minimum Gasteiger partial charge on any atom is -0.457 e. The van der Waals surface area contributed by atoms with Crippen LogP contribution in [0.2, 0.25) is 0 Å². The molecule has 3 aliphatic heterocycles. The molecule has 0 aliphatic carbocycles. The summed E-state index contributed by atoms with van der Waals surface area (Å²) in [4.78, 5) is 12.3. The summed E-state index contributed by atoms with van der Waals surface area (Å²) in [6.07, 6.45) is 0. The third-order valence-corrected chi connectivity index (χ3v) is 5.42. The fraction of sp³-hybridized carbons (Fsp3) is 0.423. The molecule has 7 nitrogen and oxygen atoms in total. The number of rotatable bonds is 9. The van der Waals surface area contributed by atoms with E-state index in [1.165, 1.54) is 0 Å². The van der Waals surface area contributed by atoms with E-state index >= 15 is 0 Å². The summed E-state index contributed by atoms with van der Waals surface area (Å²) in [5.41, 5.74) is 1.89. The predicted molar refractivity (Wildman–Crippen MR) is 119 cm³/mol. The summed E-state index contributed by atoms with van der Waals surface area (Å²) >= 11 is 0. The van der Waals surface area contributed by atoms with E-state index in [2.05, 4.69) is 11.8 Å². The Morgan fingerprint density at radius 3 is 2.45 bits per heavy atom. The summed E-state index contributed by atoms with van der Waals surface area (Å²) in [6.45, 7) is 5.34. The number of carbonyl (C=O) groups excluding carboxylic acids is 1. The third-order valence-electron chi connectivity index (χ3n) is 5.42. The Hall–Kier alpha value is -2.73. The van der Waals surface area contributed by atoms with E-state index < -0.39 is 5.97 Å². The van der Waals surface area contributed by atoms with Gasteiger partial charge < -0.3 is 28.4 Å². The van der Waals surface area contributed by atoms with Gasteiger partial charge in [0, 0.05) is 12.5 Å². The maximum absolute atomic E-state index is 12.3. The molecule has 2 aromatic rings. The van der Waals surface area contributed by atoms with Crippen molar-refractivity contribution in [2.24, 2.45) is 5.41 Å². The topological polar surface area (TPSA) is 72.5 Å². The van der Waals surface area contributed by atoms with E-state index in [4.69, 9.17) is 28.4 Å². The van der Waals surface area contributed by atoms with Gasteiger partial charge in [-0.2, -0.15) is 0 Å². The van der Waals surface area contributed by atoms with Crippen LogP contribution in [0.25, 0.3) is 0 Å². The summed E-state index contributed by atoms with van der Waals surface area (Å²) in [5.74, 6) is 4.69. The summed E-state index contributed by atoms with van der Waals surface area (Å²) in [7, 11) is 0. The summed E-state index contributed by atoms with van der Waals surface area (Å²) in [6, 6.07) is 16.6. The van der Waals surface area contributed by atoms with Gasteiger partial charge in [-0.15, -0.1) is 0 Å². The van der Waals surface area contributed by atoms with Crippen LogP contribution >= 0.6 is 0 Å². The van der Waals surface area contributed by atoms with E-state index in [-0.39, 0.29) is 24.6 Å². The Morgan fingerprint density at radius 2 is 1.70 bits per heavy atom. The van der Waals surface area contributed by atoms with Crippen LogP contribution in [0.5, 0.6) is 0 Å². The minimum absolute atomic E-state index is 0.235. The fourth-order valence-corrected chi connectivity index (χ4v) is 3.43. The van der Waals surface area contributed by atoms with Crippen molar-refractivity contribution >= 4 is 5.97 Å². The van der Waals surface area contributed by atoms with Crippen LogP contribution in [0.4, 0.5) is 0 Å². The lowest BCUT2D eigenvalue weighted by Crippen LogP contribution is -2.60. The lowest BCUT2D eigenvalue weighted by molar-refractivity contribution is -0.462. The van der Waals surface area contributed by atoms with Crippen LogP contribution in [-0.2, 0) is 35.0 Å². The molecule has 3 saturated heterocycles. The molecule has 7 heteroatoms. The predicted octanol–water partition coefficient (Wildman–Crippen LogP) is 3.17. The molecule has 3 heterocycles. The van der Waals surface area contributed by atoms with Crippen molar-refractivity contribution in [2.75, 3.05) is 46.2 Å². The molecule has 174 valence electrons. The van der Waals surface area contributed by atoms with E-state index in [1.807, 2.05) is 36.4 Å². The van der Waals surface area contributed by atoms with Gasteiger partial charge in [0.2, 0.25) is 0 Å². The van der Waals surface area contributed by atoms with Crippen molar-refractivity contribution in [3.05, 3.63) is 71.3 Å². The molecule has 0 radical (unpaired) electrons. The highest BCUT2D eigenvalue weighted by atomic mass is 16.9. The first-order chi connectivity index (χ1) is 16.1. The van der Waals surface area contributed by atoms with E-state index in [0.29, 0.717) is 45.2 Å². The van der Waals surface area contributed by atoms with Crippen molar-refractivity contribution in [3.63, 3.8) is 0 Å². The van der Waals surface area contributed by atoms with Gasteiger partial charge in [0.1, 0.15) is 13.2 Å². The van der Waals surface area contributed by atoms with Crippen LogP contribution in [0, 0.1) is 17.3 Å². The number of ether oxygens (including phenoxy) is 6. The zero-order valence-electron chi connectivity index (χ0n) is 18.7. The van der Waals surface area contributed by atoms with E-state index in [1.54, 1.807) is 25.1 Å². The first-order valence-electron chi connectivity index (χ1n) is 10.9. The van der Waals surface area contributed by atoms with Crippen molar-refractivity contribution in [1.82, 2.24) is 0 Å². The molecule has 0 unspecified atom stereocenters. The molecular formula is C26H28O7. The number of carbonyl (C=O) groups is 1. The van der Waals surface area contributed by atoms with Gasteiger partial charge in [-0.1, -0.05) is 48.2 Å². The van der Waals surface area contributed by atoms with Crippen LogP contribution in [0.1, 0.15) is 28.4 Å². The molecule has 5 rings (SSSR count). The Balaban J connectivity index is 1.13. The Labute approximate surface area is 193 Å².